The van der Waals surface area contributed by atoms with E-state index in [-0.39, 0.29) is 0 Å². The fourth-order valence-corrected chi connectivity index (χ4v) is 10.6. The van der Waals surface area contributed by atoms with E-state index in [1.165, 1.54) is 121 Å². The molecule has 0 radical (unpaired) electrons. The number of rotatable bonds is 5. The minimum atomic E-state index is 0.994. The lowest BCUT2D eigenvalue weighted by Crippen LogP contribution is -1.96. The van der Waals surface area contributed by atoms with E-state index in [0.29, 0.717) is 0 Å². The Balaban J connectivity index is 1.06. The minimum Gasteiger partial charge on any atom is -0.309 e. The summed E-state index contributed by atoms with van der Waals surface area (Å²) in [5.74, 6) is 0. The van der Waals surface area contributed by atoms with Crippen LogP contribution in [-0.2, 0) is 6.42 Å². The summed E-state index contributed by atoms with van der Waals surface area (Å²) < 4.78 is 9.81. The average Bonchev–Trinajstić information content (AvgIpc) is 4.03. The first kappa shape index (κ1) is 35.9. The van der Waals surface area contributed by atoms with Gasteiger partial charge in [-0.3, -0.25) is 0 Å². The van der Waals surface area contributed by atoms with Gasteiger partial charge in [-0.2, -0.15) is 0 Å². The molecule has 0 saturated carbocycles. The molecule has 0 unspecified atom stereocenters. The molecule has 0 aliphatic rings. The summed E-state index contributed by atoms with van der Waals surface area (Å²) in [7, 11) is 0. The van der Waals surface area contributed by atoms with E-state index in [4.69, 9.17) is 0 Å². The van der Waals surface area contributed by atoms with Gasteiger partial charge in [0.15, 0.2) is 0 Å². The molecule has 300 valence electrons. The third kappa shape index (κ3) is 5.22. The van der Waals surface area contributed by atoms with Crippen LogP contribution in [0.25, 0.3) is 110 Å². The van der Waals surface area contributed by atoms with Crippen molar-refractivity contribution in [3.63, 3.8) is 0 Å². The molecule has 0 atom stereocenters. The van der Waals surface area contributed by atoms with Gasteiger partial charge in [0.05, 0.1) is 44.1 Å². The number of para-hydroxylation sites is 2. The van der Waals surface area contributed by atoms with Gasteiger partial charge < -0.3 is 18.3 Å². The molecule has 0 saturated heterocycles. The summed E-state index contributed by atoms with van der Waals surface area (Å²) in [5.41, 5.74) is 19.5. The zero-order valence-corrected chi connectivity index (χ0v) is 35.8. The molecule has 0 aliphatic heterocycles. The maximum atomic E-state index is 2.49. The van der Waals surface area contributed by atoms with Gasteiger partial charge >= 0.3 is 0 Å². The molecule has 0 fully saturated rings. The lowest BCUT2D eigenvalue weighted by molar-refractivity contribution is 1.14. The molecule has 4 heterocycles. The fraction of sp³-hybridized carbons (Fsp3) is 0.0847. The molecule has 0 spiro atoms. The van der Waals surface area contributed by atoms with Crippen LogP contribution in [-0.4, -0.2) is 18.3 Å². The van der Waals surface area contributed by atoms with Gasteiger partial charge in [0.1, 0.15) is 0 Å². The largest absolute Gasteiger partial charge is 0.309 e. The van der Waals surface area contributed by atoms with E-state index in [9.17, 15) is 0 Å². The van der Waals surface area contributed by atoms with Crippen molar-refractivity contribution in [2.75, 3.05) is 0 Å². The molecular formula is C59H44N4. The summed E-state index contributed by atoms with van der Waals surface area (Å²) in [6.45, 7) is 8.74. The summed E-state index contributed by atoms with van der Waals surface area (Å²) in [5, 5.41) is 10.0. The van der Waals surface area contributed by atoms with Gasteiger partial charge in [-0.05, 0) is 142 Å². The maximum Gasteiger partial charge on any atom is 0.0548 e. The third-order valence-electron chi connectivity index (χ3n) is 13.7. The lowest BCUT2D eigenvalue weighted by Gasteiger charge is -2.11. The quantitative estimate of drug-likeness (QED) is 0.165. The van der Waals surface area contributed by atoms with Crippen molar-refractivity contribution in [1.29, 1.82) is 0 Å². The van der Waals surface area contributed by atoms with Gasteiger partial charge in [0.25, 0.3) is 0 Å². The smallest absolute Gasteiger partial charge is 0.0548 e. The molecule has 63 heavy (non-hydrogen) atoms. The van der Waals surface area contributed by atoms with Crippen LogP contribution in [0.2, 0.25) is 0 Å². The van der Waals surface area contributed by atoms with E-state index in [0.717, 1.165) is 17.8 Å². The summed E-state index contributed by atoms with van der Waals surface area (Å²) in [4.78, 5) is 0. The fourth-order valence-electron chi connectivity index (χ4n) is 10.6. The van der Waals surface area contributed by atoms with Crippen LogP contribution in [0.4, 0.5) is 0 Å². The second-order valence-corrected chi connectivity index (χ2v) is 17.6. The number of hydrogen-bond donors (Lipinski definition) is 0. The Hall–Kier alpha value is -7.82. The van der Waals surface area contributed by atoms with E-state index in [1.54, 1.807) is 0 Å². The topological polar surface area (TPSA) is 19.7 Å². The number of hydrogen-bond acceptors (Lipinski definition) is 0. The maximum absolute atomic E-state index is 2.49. The highest BCUT2D eigenvalue weighted by Crippen LogP contribution is 2.42. The van der Waals surface area contributed by atoms with E-state index in [2.05, 4.69) is 228 Å². The predicted octanol–water partition coefficient (Wildman–Crippen LogP) is 15.6. The first-order valence-electron chi connectivity index (χ1n) is 22.1. The van der Waals surface area contributed by atoms with Gasteiger partial charge in [0, 0.05) is 65.8 Å². The molecule has 4 nitrogen and oxygen atoms in total. The van der Waals surface area contributed by atoms with Crippen LogP contribution in [0.15, 0.2) is 182 Å². The van der Waals surface area contributed by atoms with Crippen molar-refractivity contribution >= 4 is 87.2 Å². The van der Waals surface area contributed by atoms with Crippen LogP contribution in [0.1, 0.15) is 29.2 Å². The normalized spacial score (nSPS) is 12.2. The Morgan fingerprint density at radius 2 is 0.619 bits per heavy atom. The molecule has 13 rings (SSSR count). The zero-order valence-electron chi connectivity index (χ0n) is 35.8. The molecule has 0 amide bonds. The van der Waals surface area contributed by atoms with Crippen molar-refractivity contribution in [2.45, 2.75) is 34.1 Å². The highest BCUT2D eigenvalue weighted by Gasteiger charge is 2.21. The van der Waals surface area contributed by atoms with Crippen molar-refractivity contribution < 1.29 is 0 Å². The number of fused-ring (bicyclic) bond motifs is 12. The summed E-state index contributed by atoms with van der Waals surface area (Å²) in [6.07, 6.45) is 0.994. The van der Waals surface area contributed by atoms with Crippen molar-refractivity contribution in [2.24, 2.45) is 0 Å². The van der Waals surface area contributed by atoms with E-state index < -0.39 is 0 Å². The van der Waals surface area contributed by atoms with Gasteiger partial charge in [-0.15, -0.1) is 0 Å². The summed E-state index contributed by atoms with van der Waals surface area (Å²) >= 11 is 0. The van der Waals surface area contributed by atoms with Gasteiger partial charge in [-0.1, -0.05) is 96.4 Å². The summed E-state index contributed by atoms with van der Waals surface area (Å²) in [6, 6.07) is 68.5. The molecular weight excluding hydrogens is 765 g/mol. The number of aromatic nitrogens is 4. The lowest BCUT2D eigenvalue weighted by atomic mass is 10.1. The average molecular weight is 809 g/mol. The molecule has 13 aromatic rings. The second kappa shape index (κ2) is 13.3. The number of benzene rings is 9. The Bertz CT molecular complexity index is 4020. The van der Waals surface area contributed by atoms with Gasteiger partial charge in [0.2, 0.25) is 0 Å². The van der Waals surface area contributed by atoms with Crippen molar-refractivity contribution in [3.05, 3.63) is 204 Å². The van der Waals surface area contributed by atoms with Crippen LogP contribution >= 0.6 is 0 Å². The van der Waals surface area contributed by atoms with Gasteiger partial charge in [-0.25, -0.2) is 0 Å². The zero-order chi connectivity index (χ0) is 42.1. The Morgan fingerprint density at radius 1 is 0.270 bits per heavy atom. The Morgan fingerprint density at radius 3 is 1.11 bits per heavy atom. The molecule has 0 aliphatic carbocycles. The van der Waals surface area contributed by atoms with E-state index in [1.807, 2.05) is 0 Å². The van der Waals surface area contributed by atoms with Crippen LogP contribution in [0, 0.1) is 20.8 Å². The first-order chi connectivity index (χ1) is 30.9. The molecule has 0 N–H and O–H groups in total. The standard InChI is InChI=1S/C59H44N4/c1-5-39-19-27-55-47(31-39)49-33-43(25-29-57(49)61(55)41-22-16-37(3)17-23-41)63-53-13-9-7-11-45(53)51-34-58-50(35-59(51)63)44-10-6-8-12-52(44)62(58)42-24-28-56-48(32-42)46-30-38(4)18-26-54(46)60(56)40-20-14-36(2)15-21-40/h6-35H,5H2,1-4H3. The van der Waals surface area contributed by atoms with Crippen LogP contribution < -0.4 is 0 Å². The predicted molar refractivity (Wildman–Crippen MR) is 267 cm³/mol. The number of aryl methyl sites for hydroxylation is 4. The number of nitrogens with zero attached hydrogens (tertiary/aromatic N) is 4. The van der Waals surface area contributed by atoms with Crippen LogP contribution in [0.3, 0.4) is 0 Å². The molecule has 9 aromatic carbocycles. The SMILES string of the molecule is CCc1ccc2c(c1)c1cc(-n3c4ccccc4c4cc5c(cc43)c3ccccc3n5-c3ccc4c(c3)c3cc(C)ccc3n4-c3ccc(C)cc3)ccc1n2-c1ccc(C)cc1. The first-order valence-corrected chi connectivity index (χ1v) is 22.1. The van der Waals surface area contributed by atoms with Crippen LogP contribution in [0.5, 0.6) is 0 Å². The Kier molecular flexibility index (Phi) is 7.60. The van der Waals surface area contributed by atoms with Crippen molar-refractivity contribution in [3.8, 4) is 22.7 Å². The van der Waals surface area contributed by atoms with Crippen molar-refractivity contribution in [1.82, 2.24) is 18.3 Å². The Labute approximate surface area is 365 Å². The molecule has 4 aromatic heterocycles. The second-order valence-electron chi connectivity index (χ2n) is 17.6. The highest BCUT2D eigenvalue weighted by atomic mass is 15.0. The molecule has 4 heteroatoms. The minimum absolute atomic E-state index is 0.994. The third-order valence-corrected chi connectivity index (χ3v) is 13.7. The molecule has 0 bridgehead atoms. The van der Waals surface area contributed by atoms with E-state index >= 15 is 0 Å². The monoisotopic (exact) mass is 808 g/mol. The highest BCUT2D eigenvalue weighted by molar-refractivity contribution is 6.20.